The largest absolute Gasteiger partial charge is 0.462 e. The van der Waals surface area contributed by atoms with E-state index < -0.39 is 5.82 Å². The van der Waals surface area contributed by atoms with Crippen molar-refractivity contribution >= 4 is 23.5 Å². The third-order valence-corrected chi connectivity index (χ3v) is 5.29. The second-order valence-electron chi connectivity index (χ2n) is 7.46. The average molecular weight is 449 g/mol. The molecule has 6 nitrogen and oxygen atoms in total. The van der Waals surface area contributed by atoms with Gasteiger partial charge in [-0.05, 0) is 61.5 Å². The Hall–Kier alpha value is -3.71. The first-order chi connectivity index (χ1) is 16.0. The van der Waals surface area contributed by atoms with Crippen LogP contribution < -0.4 is 4.90 Å². The van der Waals surface area contributed by atoms with Crippen LogP contribution in [0.5, 0.6) is 0 Å². The van der Waals surface area contributed by atoms with E-state index in [1.54, 1.807) is 61.5 Å². The number of rotatable bonds is 7. The maximum Gasteiger partial charge on any atom is 0.338 e. The SMILES string of the molecule is CCOC(=O)c1ccc(-c2ccc(/C=C/C(=O)c3ccc(N4CCOCC4)c(F)c3)o2)cc1. The maximum absolute atomic E-state index is 14.6. The topological polar surface area (TPSA) is 69.0 Å². The minimum absolute atomic E-state index is 0.266. The number of carbonyl (C=O) groups excluding carboxylic acids is 2. The minimum Gasteiger partial charge on any atom is -0.462 e. The summed E-state index contributed by atoms with van der Waals surface area (Å²) in [6.45, 7) is 4.43. The molecule has 170 valence electrons. The number of morpholine rings is 1. The number of allylic oxidation sites excluding steroid dienone is 1. The second kappa shape index (κ2) is 10.3. The molecule has 0 N–H and O–H groups in total. The molecule has 1 saturated heterocycles. The van der Waals surface area contributed by atoms with Crippen LogP contribution in [0.1, 0.15) is 33.4 Å². The van der Waals surface area contributed by atoms with Crippen molar-refractivity contribution in [3.8, 4) is 11.3 Å². The number of hydrogen-bond acceptors (Lipinski definition) is 6. The number of benzene rings is 2. The van der Waals surface area contributed by atoms with E-state index in [0.29, 0.717) is 55.7 Å². The molecule has 1 aliphatic rings. The molecule has 0 aliphatic carbocycles. The van der Waals surface area contributed by atoms with E-state index in [1.165, 1.54) is 12.1 Å². The molecule has 2 heterocycles. The van der Waals surface area contributed by atoms with Crippen molar-refractivity contribution in [1.82, 2.24) is 0 Å². The molecule has 2 aromatic carbocycles. The van der Waals surface area contributed by atoms with E-state index in [9.17, 15) is 14.0 Å². The van der Waals surface area contributed by atoms with Gasteiger partial charge in [-0.25, -0.2) is 9.18 Å². The summed E-state index contributed by atoms with van der Waals surface area (Å²) in [7, 11) is 0. The van der Waals surface area contributed by atoms with Crippen molar-refractivity contribution in [2.45, 2.75) is 6.92 Å². The van der Waals surface area contributed by atoms with Gasteiger partial charge in [0.2, 0.25) is 0 Å². The highest BCUT2D eigenvalue weighted by molar-refractivity contribution is 6.06. The summed E-state index contributed by atoms with van der Waals surface area (Å²) in [4.78, 5) is 26.2. The van der Waals surface area contributed by atoms with E-state index in [-0.39, 0.29) is 17.3 Å². The Morgan fingerprint density at radius 3 is 2.45 bits per heavy atom. The van der Waals surface area contributed by atoms with Crippen LogP contribution in [0.4, 0.5) is 10.1 Å². The standard InChI is InChI=1S/C26H24FNO5/c1-2-32-26(30)19-5-3-18(4-6-19)25-12-9-21(33-25)8-11-24(29)20-7-10-23(22(27)17-20)28-13-15-31-16-14-28/h3-12,17H,2,13-16H2,1H3/b11-8+. The minimum atomic E-state index is -0.428. The molecule has 1 aliphatic heterocycles. The molecule has 1 fully saturated rings. The van der Waals surface area contributed by atoms with Crippen LogP contribution in [-0.2, 0) is 9.47 Å². The summed E-state index contributed by atoms with van der Waals surface area (Å²) in [5.74, 6) is -0.0430. The Kier molecular flexibility index (Phi) is 7.00. The number of anilines is 1. The number of ketones is 1. The molecular formula is C26H24FNO5. The Balaban J connectivity index is 1.42. The molecule has 0 saturated carbocycles. The molecule has 0 radical (unpaired) electrons. The average Bonchev–Trinajstić information content (AvgIpc) is 3.32. The van der Waals surface area contributed by atoms with E-state index in [2.05, 4.69) is 0 Å². The van der Waals surface area contributed by atoms with E-state index in [0.717, 1.165) is 5.56 Å². The molecule has 0 amide bonds. The smallest absolute Gasteiger partial charge is 0.338 e. The van der Waals surface area contributed by atoms with E-state index in [4.69, 9.17) is 13.9 Å². The Bertz CT molecular complexity index is 1160. The van der Waals surface area contributed by atoms with Crippen LogP contribution in [-0.4, -0.2) is 44.7 Å². The highest BCUT2D eigenvalue weighted by Gasteiger charge is 2.16. The lowest BCUT2D eigenvalue weighted by Gasteiger charge is -2.29. The van der Waals surface area contributed by atoms with Crippen LogP contribution in [0.25, 0.3) is 17.4 Å². The zero-order chi connectivity index (χ0) is 23.2. The van der Waals surface area contributed by atoms with E-state index >= 15 is 0 Å². The van der Waals surface area contributed by atoms with Crippen LogP contribution in [0.3, 0.4) is 0 Å². The van der Waals surface area contributed by atoms with Gasteiger partial charge in [-0.3, -0.25) is 4.79 Å². The number of hydrogen-bond donors (Lipinski definition) is 0. The summed E-state index contributed by atoms with van der Waals surface area (Å²) >= 11 is 0. The quantitative estimate of drug-likeness (QED) is 0.287. The second-order valence-corrected chi connectivity index (χ2v) is 7.46. The van der Waals surface area contributed by atoms with Gasteiger partial charge < -0.3 is 18.8 Å². The van der Waals surface area contributed by atoms with Crippen LogP contribution in [0, 0.1) is 5.82 Å². The molecule has 0 bridgehead atoms. The molecule has 3 aromatic rings. The first kappa shape index (κ1) is 22.5. The molecule has 1 aromatic heterocycles. The molecule has 0 unspecified atom stereocenters. The lowest BCUT2D eigenvalue weighted by Crippen LogP contribution is -2.36. The van der Waals surface area contributed by atoms with Gasteiger partial charge in [-0.15, -0.1) is 0 Å². The van der Waals surface area contributed by atoms with Gasteiger partial charge in [-0.1, -0.05) is 12.1 Å². The van der Waals surface area contributed by atoms with Crippen molar-refractivity contribution in [2.24, 2.45) is 0 Å². The van der Waals surface area contributed by atoms with Crippen LogP contribution >= 0.6 is 0 Å². The maximum atomic E-state index is 14.6. The number of furan rings is 1. The summed E-state index contributed by atoms with van der Waals surface area (Å²) in [5.41, 5.74) is 1.99. The summed E-state index contributed by atoms with van der Waals surface area (Å²) in [5, 5.41) is 0. The highest BCUT2D eigenvalue weighted by atomic mass is 19.1. The van der Waals surface area contributed by atoms with Crippen molar-refractivity contribution in [2.75, 3.05) is 37.8 Å². The first-order valence-corrected chi connectivity index (χ1v) is 10.8. The molecule has 4 rings (SSSR count). The van der Waals surface area contributed by atoms with Crippen molar-refractivity contribution < 1.29 is 27.9 Å². The van der Waals surface area contributed by atoms with Gasteiger partial charge in [0.1, 0.15) is 17.3 Å². The fourth-order valence-corrected chi connectivity index (χ4v) is 3.56. The fraction of sp³-hybridized carbons (Fsp3) is 0.231. The number of ether oxygens (including phenoxy) is 2. The van der Waals surface area contributed by atoms with Gasteiger partial charge in [0.25, 0.3) is 0 Å². The molecule has 0 spiro atoms. The van der Waals surface area contributed by atoms with Crippen molar-refractivity contribution in [1.29, 1.82) is 0 Å². The summed E-state index contributed by atoms with van der Waals surface area (Å²) in [6, 6.07) is 14.9. The van der Waals surface area contributed by atoms with Crippen molar-refractivity contribution in [3.63, 3.8) is 0 Å². The Morgan fingerprint density at radius 1 is 1.03 bits per heavy atom. The Morgan fingerprint density at radius 2 is 1.76 bits per heavy atom. The number of carbonyl (C=O) groups is 2. The van der Waals surface area contributed by atoms with Crippen LogP contribution in [0.15, 0.2) is 65.1 Å². The van der Waals surface area contributed by atoms with Gasteiger partial charge >= 0.3 is 5.97 Å². The third-order valence-electron chi connectivity index (χ3n) is 5.29. The number of esters is 1. The van der Waals surface area contributed by atoms with Gasteiger partial charge in [0, 0.05) is 24.2 Å². The first-order valence-electron chi connectivity index (χ1n) is 10.8. The summed E-state index contributed by atoms with van der Waals surface area (Å²) < 4.78 is 30.6. The number of nitrogens with zero attached hydrogens (tertiary/aromatic N) is 1. The highest BCUT2D eigenvalue weighted by Crippen LogP contribution is 2.25. The molecule has 0 atom stereocenters. The van der Waals surface area contributed by atoms with Gasteiger partial charge in [0.05, 0.1) is 31.1 Å². The van der Waals surface area contributed by atoms with E-state index in [1.807, 2.05) is 4.90 Å². The lowest BCUT2D eigenvalue weighted by atomic mass is 10.1. The molecular weight excluding hydrogens is 425 g/mol. The van der Waals surface area contributed by atoms with Crippen molar-refractivity contribution in [3.05, 3.63) is 83.4 Å². The normalized spacial score (nSPS) is 13.9. The summed E-state index contributed by atoms with van der Waals surface area (Å²) in [6.07, 6.45) is 2.91. The predicted octanol–water partition coefficient (Wildman–Crippen LogP) is 5.00. The lowest BCUT2D eigenvalue weighted by molar-refractivity contribution is 0.0526. The molecule has 7 heteroatoms. The zero-order valence-electron chi connectivity index (χ0n) is 18.3. The fourth-order valence-electron chi connectivity index (χ4n) is 3.56. The Labute approximate surface area is 191 Å². The van der Waals surface area contributed by atoms with Gasteiger partial charge in [0.15, 0.2) is 5.78 Å². The monoisotopic (exact) mass is 449 g/mol. The predicted molar refractivity (Wildman–Crippen MR) is 123 cm³/mol. The molecule has 33 heavy (non-hydrogen) atoms. The third kappa shape index (κ3) is 5.38. The van der Waals surface area contributed by atoms with Gasteiger partial charge in [-0.2, -0.15) is 0 Å². The zero-order valence-corrected chi connectivity index (χ0v) is 18.3. The number of halogens is 1. The van der Waals surface area contributed by atoms with Crippen LogP contribution in [0.2, 0.25) is 0 Å².